The van der Waals surface area contributed by atoms with Crippen LogP contribution in [0.2, 0.25) is 0 Å². The van der Waals surface area contributed by atoms with E-state index < -0.39 is 0 Å². The summed E-state index contributed by atoms with van der Waals surface area (Å²) in [6, 6.07) is 0. The van der Waals surface area contributed by atoms with Crippen molar-refractivity contribution in [2.75, 3.05) is 6.54 Å². The van der Waals surface area contributed by atoms with Gasteiger partial charge in [0.1, 0.15) is 0 Å². The molecule has 1 nitrogen and oxygen atoms in total. The van der Waals surface area contributed by atoms with Crippen LogP contribution in [-0.2, 0) is 0 Å². The highest BCUT2D eigenvalue weighted by Crippen LogP contribution is 2.19. The minimum Gasteiger partial charge on any atom is -0.351 e. The van der Waals surface area contributed by atoms with Crippen molar-refractivity contribution in [3.05, 3.63) is 36.2 Å². The largest absolute Gasteiger partial charge is 0.351 e. The number of hydrogen-bond donors (Lipinski definition) is 0. The lowest BCUT2D eigenvalue weighted by Crippen LogP contribution is -2.14. The van der Waals surface area contributed by atoms with E-state index in [4.69, 9.17) is 0 Å². The molecule has 0 N–H and O–H groups in total. The Kier molecular flexibility index (Phi) is 1.80. The van der Waals surface area contributed by atoms with Gasteiger partial charge in [-0.3, -0.25) is 0 Å². The van der Waals surface area contributed by atoms with Crippen molar-refractivity contribution >= 4 is 0 Å². The minimum absolute atomic E-state index is 1.18. The molecule has 0 aromatic heterocycles. The molecule has 11 heavy (non-hydrogen) atoms. The van der Waals surface area contributed by atoms with Crippen LogP contribution in [0.15, 0.2) is 36.2 Å². The third-order valence-corrected chi connectivity index (χ3v) is 2.18. The van der Waals surface area contributed by atoms with Crippen molar-refractivity contribution in [3.63, 3.8) is 0 Å². The molecule has 1 heteroatoms. The fourth-order valence-electron chi connectivity index (χ4n) is 1.56. The van der Waals surface area contributed by atoms with Crippen LogP contribution in [-0.4, -0.2) is 11.4 Å². The lowest BCUT2D eigenvalue weighted by molar-refractivity contribution is 0.479. The molecule has 1 heterocycles. The topological polar surface area (TPSA) is 3.24 Å². The summed E-state index contributed by atoms with van der Waals surface area (Å²) < 4.78 is 0. The Bertz CT molecular complexity index is 223. The lowest BCUT2D eigenvalue weighted by atomic mass is 10.1. The summed E-state index contributed by atoms with van der Waals surface area (Å²) in [4.78, 5) is 2.35. The third kappa shape index (κ3) is 1.37. The van der Waals surface area contributed by atoms with Crippen molar-refractivity contribution in [3.8, 4) is 0 Å². The Hall–Kier alpha value is -0.980. The molecule has 2 aliphatic rings. The number of nitrogens with zero attached hydrogens (tertiary/aromatic N) is 1. The normalized spacial score (nSPS) is 22.5. The van der Waals surface area contributed by atoms with Crippen LogP contribution in [0, 0.1) is 0 Å². The minimum atomic E-state index is 1.18. The van der Waals surface area contributed by atoms with Gasteiger partial charge < -0.3 is 4.90 Å². The maximum absolute atomic E-state index is 2.35. The Balaban J connectivity index is 2.08. The monoisotopic (exact) mass is 147 g/mol. The fourth-order valence-corrected chi connectivity index (χ4v) is 1.56. The molecule has 0 atom stereocenters. The van der Waals surface area contributed by atoms with Crippen molar-refractivity contribution < 1.29 is 0 Å². The van der Waals surface area contributed by atoms with E-state index in [1.807, 2.05) is 0 Å². The first-order valence-corrected chi connectivity index (χ1v) is 4.26. The van der Waals surface area contributed by atoms with E-state index in [-0.39, 0.29) is 0 Å². The molecule has 1 aliphatic carbocycles. The summed E-state index contributed by atoms with van der Waals surface area (Å²) >= 11 is 0. The van der Waals surface area contributed by atoms with Crippen LogP contribution in [0.1, 0.15) is 19.3 Å². The van der Waals surface area contributed by atoms with Crippen molar-refractivity contribution in [2.45, 2.75) is 19.3 Å². The van der Waals surface area contributed by atoms with Gasteiger partial charge in [0.05, 0.1) is 0 Å². The van der Waals surface area contributed by atoms with Gasteiger partial charge in [-0.1, -0.05) is 18.2 Å². The van der Waals surface area contributed by atoms with Crippen molar-refractivity contribution in [1.29, 1.82) is 0 Å². The molecular formula is C10H13N. The summed E-state index contributed by atoms with van der Waals surface area (Å²) in [5.74, 6) is 0. The highest BCUT2D eigenvalue weighted by atomic mass is 15.1. The maximum atomic E-state index is 2.35. The quantitative estimate of drug-likeness (QED) is 0.550. The molecule has 0 radical (unpaired) electrons. The van der Waals surface area contributed by atoms with E-state index in [9.17, 15) is 0 Å². The van der Waals surface area contributed by atoms with Crippen LogP contribution in [0.3, 0.4) is 0 Å². The van der Waals surface area contributed by atoms with E-state index in [1.165, 1.54) is 31.5 Å². The Morgan fingerprint density at radius 1 is 1.18 bits per heavy atom. The van der Waals surface area contributed by atoms with E-state index in [0.717, 1.165) is 0 Å². The van der Waals surface area contributed by atoms with Gasteiger partial charge in [0, 0.05) is 12.2 Å². The number of hydrogen-bond acceptors (Lipinski definition) is 1. The second kappa shape index (κ2) is 2.95. The zero-order valence-electron chi connectivity index (χ0n) is 6.66. The highest BCUT2D eigenvalue weighted by Gasteiger charge is 2.09. The summed E-state index contributed by atoms with van der Waals surface area (Å²) in [5.41, 5.74) is 1.47. The fraction of sp³-hybridized carbons (Fsp3) is 0.400. The van der Waals surface area contributed by atoms with Gasteiger partial charge in [-0.05, 0) is 31.5 Å². The first-order chi connectivity index (χ1) is 5.47. The van der Waals surface area contributed by atoms with Gasteiger partial charge in [0.15, 0.2) is 0 Å². The molecular weight excluding hydrogens is 134 g/mol. The zero-order valence-corrected chi connectivity index (χ0v) is 6.66. The molecule has 0 saturated heterocycles. The highest BCUT2D eigenvalue weighted by molar-refractivity contribution is 5.19. The smallest absolute Gasteiger partial charge is 0.0257 e. The summed E-state index contributed by atoms with van der Waals surface area (Å²) in [6.07, 6.45) is 14.7. The van der Waals surface area contributed by atoms with Gasteiger partial charge >= 0.3 is 0 Å². The molecule has 0 bridgehead atoms. The predicted octanol–water partition coefficient (Wildman–Crippen LogP) is 2.44. The Morgan fingerprint density at radius 3 is 2.82 bits per heavy atom. The first kappa shape index (κ1) is 6.71. The van der Waals surface area contributed by atoms with Crippen LogP contribution in [0.5, 0.6) is 0 Å². The molecule has 0 saturated carbocycles. The van der Waals surface area contributed by atoms with Gasteiger partial charge in [-0.2, -0.15) is 0 Å². The molecule has 0 spiro atoms. The van der Waals surface area contributed by atoms with Gasteiger partial charge in [0.2, 0.25) is 0 Å². The summed E-state index contributed by atoms with van der Waals surface area (Å²) in [7, 11) is 0. The maximum Gasteiger partial charge on any atom is 0.0257 e. The van der Waals surface area contributed by atoms with E-state index >= 15 is 0 Å². The third-order valence-electron chi connectivity index (χ3n) is 2.18. The second-order valence-electron chi connectivity index (χ2n) is 2.99. The molecule has 0 aromatic rings. The lowest BCUT2D eigenvalue weighted by Gasteiger charge is -2.20. The first-order valence-electron chi connectivity index (χ1n) is 4.26. The molecule has 2 rings (SSSR count). The van der Waals surface area contributed by atoms with Gasteiger partial charge in [-0.15, -0.1) is 0 Å². The summed E-state index contributed by atoms with van der Waals surface area (Å²) in [6.45, 7) is 1.18. The summed E-state index contributed by atoms with van der Waals surface area (Å²) in [5, 5.41) is 0. The number of allylic oxidation sites excluding steroid dienone is 4. The molecule has 0 unspecified atom stereocenters. The Morgan fingerprint density at radius 2 is 2.18 bits per heavy atom. The van der Waals surface area contributed by atoms with Crippen molar-refractivity contribution in [2.24, 2.45) is 0 Å². The molecule has 1 aliphatic heterocycles. The molecule has 0 amide bonds. The van der Waals surface area contributed by atoms with E-state index in [1.54, 1.807) is 0 Å². The predicted molar refractivity (Wildman–Crippen MR) is 46.9 cm³/mol. The average molecular weight is 147 g/mol. The second-order valence-corrected chi connectivity index (χ2v) is 2.99. The van der Waals surface area contributed by atoms with E-state index in [0.29, 0.717) is 0 Å². The van der Waals surface area contributed by atoms with Crippen LogP contribution in [0.4, 0.5) is 0 Å². The SMILES string of the molecule is C1=CCCC(N2C=CCC2)=C1. The van der Waals surface area contributed by atoms with E-state index in [2.05, 4.69) is 35.4 Å². The van der Waals surface area contributed by atoms with Crippen LogP contribution >= 0.6 is 0 Å². The van der Waals surface area contributed by atoms with Crippen LogP contribution < -0.4 is 0 Å². The molecule has 0 aromatic carbocycles. The van der Waals surface area contributed by atoms with Crippen LogP contribution in [0.25, 0.3) is 0 Å². The van der Waals surface area contributed by atoms with Gasteiger partial charge in [0.25, 0.3) is 0 Å². The zero-order chi connectivity index (χ0) is 7.52. The molecule has 58 valence electrons. The molecule has 0 fully saturated rings. The van der Waals surface area contributed by atoms with Gasteiger partial charge in [-0.25, -0.2) is 0 Å². The van der Waals surface area contributed by atoms with Crippen molar-refractivity contribution in [1.82, 2.24) is 4.90 Å². The standard InChI is InChI=1S/C10H13N/c1-2-6-10(7-3-1)11-8-4-5-9-11/h1-2,4,6,8H,3,5,7,9H2. The average Bonchev–Trinajstić information content (AvgIpc) is 2.58. The number of rotatable bonds is 1. The Labute approximate surface area is 67.7 Å².